The lowest BCUT2D eigenvalue weighted by Crippen LogP contribution is -2.46. The molecule has 2 aliphatic heterocycles. The summed E-state index contributed by atoms with van der Waals surface area (Å²) >= 11 is 0. The number of hydrogen-bond acceptors (Lipinski definition) is 4. The Hall–Kier alpha value is -1.51. The third-order valence-corrected chi connectivity index (χ3v) is 8.23. The van der Waals surface area contributed by atoms with Gasteiger partial charge in [-0.3, -0.25) is 4.79 Å². The highest BCUT2D eigenvalue weighted by atomic mass is 32.2. The highest BCUT2D eigenvalue weighted by Crippen LogP contribution is 2.24. The minimum absolute atomic E-state index is 0.0666. The lowest BCUT2D eigenvalue weighted by molar-refractivity contribution is -0.126. The fourth-order valence-corrected chi connectivity index (χ4v) is 6.11. The molecule has 2 fully saturated rings. The molecule has 1 aromatic carbocycles. The van der Waals surface area contributed by atoms with E-state index in [4.69, 9.17) is 0 Å². The predicted octanol–water partition coefficient (Wildman–Crippen LogP) is 3.00. The van der Waals surface area contributed by atoms with E-state index in [1.165, 1.54) is 42.1 Å². The second kappa shape index (κ2) is 10.7. The van der Waals surface area contributed by atoms with Gasteiger partial charge in [-0.25, -0.2) is 12.8 Å². The van der Waals surface area contributed by atoms with Crippen LogP contribution in [0.5, 0.6) is 0 Å². The van der Waals surface area contributed by atoms with Gasteiger partial charge in [0.15, 0.2) is 0 Å². The number of benzene rings is 1. The van der Waals surface area contributed by atoms with Crippen molar-refractivity contribution in [3.63, 3.8) is 0 Å². The van der Waals surface area contributed by atoms with Crippen molar-refractivity contribution in [3.8, 4) is 0 Å². The molecule has 1 N–H and O–H groups in total. The molecule has 2 saturated heterocycles. The molecule has 0 aromatic heterocycles. The summed E-state index contributed by atoms with van der Waals surface area (Å²) in [6.07, 6.45) is 7.24. The van der Waals surface area contributed by atoms with Crippen molar-refractivity contribution in [2.24, 2.45) is 5.92 Å². The Morgan fingerprint density at radius 2 is 1.90 bits per heavy atom. The highest BCUT2D eigenvalue weighted by Gasteiger charge is 2.33. The molecule has 1 aromatic rings. The fourth-order valence-electron chi connectivity index (χ4n) is 4.59. The molecule has 6 nitrogen and oxygen atoms in total. The molecule has 2 heterocycles. The summed E-state index contributed by atoms with van der Waals surface area (Å²) in [6, 6.07) is 5.51. The van der Waals surface area contributed by atoms with Crippen molar-refractivity contribution < 1.29 is 17.6 Å². The lowest BCUT2D eigenvalue weighted by Gasteiger charge is -2.35. The first kappa shape index (κ1) is 23.2. The molecule has 168 valence electrons. The molecule has 0 saturated carbocycles. The van der Waals surface area contributed by atoms with Gasteiger partial charge in [0.1, 0.15) is 5.82 Å². The number of halogens is 1. The predicted molar refractivity (Wildman–Crippen MR) is 115 cm³/mol. The van der Waals surface area contributed by atoms with Gasteiger partial charge in [-0.1, -0.05) is 13.3 Å². The van der Waals surface area contributed by atoms with Crippen LogP contribution in [-0.2, 0) is 14.8 Å². The van der Waals surface area contributed by atoms with Gasteiger partial charge in [0.05, 0.1) is 10.8 Å². The molecule has 3 rings (SSSR count). The van der Waals surface area contributed by atoms with Crippen molar-refractivity contribution in [1.29, 1.82) is 0 Å². The Balaban J connectivity index is 1.47. The van der Waals surface area contributed by atoms with Crippen LogP contribution in [-0.4, -0.2) is 62.3 Å². The second-order valence-corrected chi connectivity index (χ2v) is 10.3. The molecule has 8 heteroatoms. The molecule has 2 aliphatic rings. The van der Waals surface area contributed by atoms with E-state index in [9.17, 15) is 17.6 Å². The standard InChI is InChI=1S/C22H34FN3O3S/c1-2-20-8-3-4-14-25(20)15-6-13-24-22(27)18-7-5-16-26(17-18)30(28,29)21-11-9-19(23)10-12-21/h9-12,18,20H,2-8,13-17H2,1H3,(H,24,27). The summed E-state index contributed by atoms with van der Waals surface area (Å²) in [6.45, 7) is 5.55. The van der Waals surface area contributed by atoms with Gasteiger partial charge in [-0.2, -0.15) is 4.31 Å². The Kier molecular flexibility index (Phi) is 8.25. The van der Waals surface area contributed by atoms with Crippen LogP contribution in [0.3, 0.4) is 0 Å². The average Bonchev–Trinajstić information content (AvgIpc) is 2.77. The van der Waals surface area contributed by atoms with Gasteiger partial charge in [-0.15, -0.1) is 0 Å². The largest absolute Gasteiger partial charge is 0.356 e. The van der Waals surface area contributed by atoms with E-state index in [1.54, 1.807) is 0 Å². The number of carbonyl (C=O) groups excluding carboxylic acids is 1. The van der Waals surface area contributed by atoms with E-state index < -0.39 is 15.8 Å². The first-order valence-electron chi connectivity index (χ1n) is 11.2. The van der Waals surface area contributed by atoms with E-state index in [0.717, 1.165) is 31.6 Å². The fraction of sp³-hybridized carbons (Fsp3) is 0.682. The number of nitrogens with zero attached hydrogens (tertiary/aromatic N) is 2. The number of hydrogen-bond donors (Lipinski definition) is 1. The maximum atomic E-state index is 13.1. The van der Waals surface area contributed by atoms with Crippen molar-refractivity contribution in [1.82, 2.24) is 14.5 Å². The van der Waals surface area contributed by atoms with Gasteiger partial charge >= 0.3 is 0 Å². The van der Waals surface area contributed by atoms with E-state index in [-0.39, 0.29) is 23.3 Å². The molecule has 0 radical (unpaired) electrons. The normalized spacial score (nSPS) is 23.9. The van der Waals surface area contributed by atoms with E-state index in [2.05, 4.69) is 17.1 Å². The van der Waals surface area contributed by atoms with E-state index >= 15 is 0 Å². The summed E-state index contributed by atoms with van der Waals surface area (Å²) in [7, 11) is -3.71. The minimum atomic E-state index is -3.71. The molecule has 2 atom stereocenters. The summed E-state index contributed by atoms with van der Waals surface area (Å²) in [4.78, 5) is 15.2. The van der Waals surface area contributed by atoms with Gasteiger partial charge in [-0.05, 0) is 69.3 Å². The molecule has 0 spiro atoms. The summed E-state index contributed by atoms with van der Waals surface area (Å²) in [5, 5.41) is 3.01. The van der Waals surface area contributed by atoms with Crippen LogP contribution in [0.4, 0.5) is 4.39 Å². The third-order valence-electron chi connectivity index (χ3n) is 6.35. The van der Waals surface area contributed by atoms with Gasteiger partial charge in [0.2, 0.25) is 15.9 Å². The molecule has 1 amide bonds. The zero-order chi connectivity index (χ0) is 21.6. The number of amides is 1. The number of carbonyl (C=O) groups is 1. The SMILES string of the molecule is CCC1CCCCN1CCCNC(=O)C1CCCN(S(=O)(=O)c2ccc(F)cc2)C1. The Morgan fingerprint density at radius 3 is 2.63 bits per heavy atom. The monoisotopic (exact) mass is 439 g/mol. The second-order valence-electron chi connectivity index (χ2n) is 8.39. The minimum Gasteiger partial charge on any atom is -0.356 e. The Bertz CT molecular complexity index is 800. The first-order valence-corrected chi connectivity index (χ1v) is 12.6. The van der Waals surface area contributed by atoms with Crippen LogP contribution >= 0.6 is 0 Å². The number of likely N-dealkylation sites (tertiary alicyclic amines) is 1. The molecule has 30 heavy (non-hydrogen) atoms. The van der Waals surface area contributed by atoms with Gasteiger partial charge in [0.25, 0.3) is 0 Å². The third kappa shape index (κ3) is 5.80. The molecular weight excluding hydrogens is 405 g/mol. The quantitative estimate of drug-likeness (QED) is 0.632. The van der Waals surface area contributed by atoms with Crippen LogP contribution in [0, 0.1) is 11.7 Å². The van der Waals surface area contributed by atoms with Crippen LogP contribution in [0.15, 0.2) is 29.2 Å². The van der Waals surface area contributed by atoms with Gasteiger partial charge in [0, 0.05) is 32.2 Å². The topological polar surface area (TPSA) is 69.7 Å². The lowest BCUT2D eigenvalue weighted by atomic mass is 9.98. The van der Waals surface area contributed by atoms with E-state index in [0.29, 0.717) is 32.0 Å². The van der Waals surface area contributed by atoms with Crippen LogP contribution < -0.4 is 5.32 Å². The van der Waals surface area contributed by atoms with Crippen molar-refractivity contribution >= 4 is 15.9 Å². The highest BCUT2D eigenvalue weighted by molar-refractivity contribution is 7.89. The molecule has 0 bridgehead atoms. The van der Waals surface area contributed by atoms with Crippen molar-refractivity contribution in [3.05, 3.63) is 30.1 Å². The van der Waals surface area contributed by atoms with Gasteiger partial charge < -0.3 is 10.2 Å². The van der Waals surface area contributed by atoms with Crippen LogP contribution in [0.1, 0.15) is 51.9 Å². The average molecular weight is 440 g/mol. The summed E-state index contributed by atoms with van der Waals surface area (Å²) < 4.78 is 40.1. The maximum Gasteiger partial charge on any atom is 0.243 e. The number of nitrogens with one attached hydrogen (secondary N) is 1. The Morgan fingerprint density at radius 1 is 1.13 bits per heavy atom. The number of piperidine rings is 2. The molecular formula is C22H34FN3O3S. The molecule has 0 aliphatic carbocycles. The maximum absolute atomic E-state index is 13.1. The zero-order valence-electron chi connectivity index (χ0n) is 17.9. The smallest absolute Gasteiger partial charge is 0.243 e. The van der Waals surface area contributed by atoms with Crippen molar-refractivity contribution in [2.45, 2.75) is 62.8 Å². The summed E-state index contributed by atoms with van der Waals surface area (Å²) in [5.74, 6) is -0.883. The molecule has 2 unspecified atom stereocenters. The number of sulfonamides is 1. The van der Waals surface area contributed by atoms with Crippen LogP contribution in [0.25, 0.3) is 0 Å². The zero-order valence-corrected chi connectivity index (χ0v) is 18.7. The Labute approximate surface area is 179 Å². The first-order chi connectivity index (χ1) is 14.4. The van der Waals surface area contributed by atoms with Crippen LogP contribution in [0.2, 0.25) is 0 Å². The number of rotatable bonds is 8. The van der Waals surface area contributed by atoms with E-state index in [1.807, 2.05) is 0 Å². The van der Waals surface area contributed by atoms with Crippen molar-refractivity contribution in [2.75, 3.05) is 32.7 Å². The summed E-state index contributed by atoms with van der Waals surface area (Å²) in [5.41, 5.74) is 0.